The summed E-state index contributed by atoms with van der Waals surface area (Å²) in [4.78, 5) is 16.3. The lowest BCUT2D eigenvalue weighted by Crippen LogP contribution is -2.43. The molecule has 2 fully saturated rings. The SMILES string of the molecule is C=C1CCCC[C@H]1Nc1nc2ccc(Oc3ccnc(-c4ccc(N5CCNCC5)nc4)c3)cc2s1. The molecule has 1 aromatic carbocycles. The summed E-state index contributed by atoms with van der Waals surface area (Å²) in [5.41, 5.74) is 4.07. The number of rotatable bonds is 6. The Morgan fingerprint density at radius 2 is 1.92 bits per heavy atom. The molecule has 36 heavy (non-hydrogen) atoms. The number of ether oxygens (including phenoxy) is 1. The summed E-state index contributed by atoms with van der Waals surface area (Å²) in [6.45, 7) is 8.18. The predicted octanol–water partition coefficient (Wildman–Crippen LogP) is 5.87. The Bertz CT molecular complexity index is 1360. The average molecular weight is 499 g/mol. The summed E-state index contributed by atoms with van der Waals surface area (Å²) in [5, 5.41) is 7.90. The van der Waals surface area contributed by atoms with E-state index in [1.54, 1.807) is 17.5 Å². The van der Waals surface area contributed by atoms with Crippen molar-refractivity contribution in [2.24, 2.45) is 0 Å². The van der Waals surface area contributed by atoms with Crippen LogP contribution in [0.2, 0.25) is 0 Å². The molecule has 0 radical (unpaired) electrons. The Kier molecular flexibility index (Phi) is 6.53. The van der Waals surface area contributed by atoms with Crippen molar-refractivity contribution in [2.75, 3.05) is 36.4 Å². The van der Waals surface area contributed by atoms with Crippen LogP contribution in [0.15, 0.2) is 67.0 Å². The molecule has 3 aromatic heterocycles. The smallest absolute Gasteiger partial charge is 0.184 e. The molecule has 1 atom stereocenters. The van der Waals surface area contributed by atoms with Crippen molar-refractivity contribution in [1.29, 1.82) is 0 Å². The summed E-state index contributed by atoms with van der Waals surface area (Å²) in [7, 11) is 0. The van der Waals surface area contributed by atoms with Crippen LogP contribution in [0.4, 0.5) is 10.9 Å². The monoisotopic (exact) mass is 498 g/mol. The van der Waals surface area contributed by atoms with Gasteiger partial charge < -0.3 is 20.3 Å². The van der Waals surface area contributed by atoms with Crippen LogP contribution < -0.4 is 20.3 Å². The third kappa shape index (κ3) is 5.05. The lowest BCUT2D eigenvalue weighted by molar-refractivity contribution is 0.483. The van der Waals surface area contributed by atoms with Crippen molar-refractivity contribution in [3.05, 3.63) is 67.0 Å². The number of aromatic nitrogens is 3. The van der Waals surface area contributed by atoms with Crippen molar-refractivity contribution >= 4 is 32.5 Å². The van der Waals surface area contributed by atoms with Gasteiger partial charge in [-0.1, -0.05) is 29.9 Å². The zero-order valence-corrected chi connectivity index (χ0v) is 21.1. The van der Waals surface area contributed by atoms with E-state index < -0.39 is 0 Å². The van der Waals surface area contributed by atoms with E-state index in [4.69, 9.17) is 9.72 Å². The maximum atomic E-state index is 6.21. The van der Waals surface area contributed by atoms with Crippen molar-refractivity contribution in [3.8, 4) is 22.8 Å². The number of pyridine rings is 2. The highest BCUT2D eigenvalue weighted by molar-refractivity contribution is 7.22. The highest BCUT2D eigenvalue weighted by atomic mass is 32.1. The highest BCUT2D eigenvalue weighted by Crippen LogP contribution is 2.34. The minimum Gasteiger partial charge on any atom is -0.457 e. The zero-order chi connectivity index (χ0) is 24.3. The third-order valence-corrected chi connectivity index (χ3v) is 7.79. The number of nitrogens with zero attached hydrogens (tertiary/aromatic N) is 4. The van der Waals surface area contributed by atoms with Crippen LogP contribution in [0.3, 0.4) is 0 Å². The van der Waals surface area contributed by atoms with Gasteiger partial charge >= 0.3 is 0 Å². The van der Waals surface area contributed by atoms with Crippen LogP contribution in [0.25, 0.3) is 21.5 Å². The van der Waals surface area contributed by atoms with E-state index in [9.17, 15) is 0 Å². The molecule has 8 heteroatoms. The first-order chi connectivity index (χ1) is 17.7. The summed E-state index contributed by atoms with van der Waals surface area (Å²) >= 11 is 1.66. The first-order valence-electron chi connectivity index (χ1n) is 12.6. The minimum absolute atomic E-state index is 0.325. The highest BCUT2D eigenvalue weighted by Gasteiger charge is 2.18. The molecule has 2 N–H and O–H groups in total. The molecule has 0 unspecified atom stereocenters. The van der Waals surface area contributed by atoms with Crippen LogP contribution in [0.5, 0.6) is 11.5 Å². The molecule has 2 aliphatic rings. The van der Waals surface area contributed by atoms with Gasteiger partial charge in [0, 0.05) is 62.3 Å². The molecule has 1 saturated heterocycles. The lowest BCUT2D eigenvalue weighted by Gasteiger charge is -2.28. The molecule has 7 nitrogen and oxygen atoms in total. The predicted molar refractivity (Wildman–Crippen MR) is 147 cm³/mol. The van der Waals surface area contributed by atoms with Crippen molar-refractivity contribution in [2.45, 2.75) is 31.7 Å². The van der Waals surface area contributed by atoms with Gasteiger partial charge in [-0.2, -0.15) is 0 Å². The molecule has 4 aromatic rings. The summed E-state index contributed by atoms with van der Waals surface area (Å²) in [5.74, 6) is 2.53. The van der Waals surface area contributed by atoms with Crippen molar-refractivity contribution in [1.82, 2.24) is 20.3 Å². The first kappa shape index (κ1) is 22.9. The first-order valence-corrected chi connectivity index (χ1v) is 13.4. The normalized spacial score (nSPS) is 18.4. The van der Waals surface area contributed by atoms with Gasteiger partial charge in [0.25, 0.3) is 0 Å². The fraction of sp³-hybridized carbons (Fsp3) is 0.321. The number of anilines is 2. The lowest BCUT2D eigenvalue weighted by atomic mass is 9.91. The molecule has 1 aliphatic heterocycles. The van der Waals surface area contributed by atoms with Gasteiger partial charge in [-0.25, -0.2) is 9.97 Å². The molecule has 1 aliphatic carbocycles. The molecule has 0 spiro atoms. The number of hydrogen-bond acceptors (Lipinski definition) is 8. The van der Waals surface area contributed by atoms with E-state index in [-0.39, 0.29) is 0 Å². The average Bonchev–Trinajstić information content (AvgIpc) is 3.32. The number of nitrogens with one attached hydrogen (secondary N) is 2. The Morgan fingerprint density at radius 1 is 1.03 bits per heavy atom. The molecule has 6 rings (SSSR count). The molecule has 0 amide bonds. The van der Waals surface area contributed by atoms with Crippen LogP contribution in [-0.4, -0.2) is 47.2 Å². The van der Waals surface area contributed by atoms with Crippen molar-refractivity contribution in [3.63, 3.8) is 0 Å². The number of piperazine rings is 1. The van der Waals surface area contributed by atoms with E-state index in [1.165, 1.54) is 18.4 Å². The fourth-order valence-electron chi connectivity index (χ4n) is 4.82. The minimum atomic E-state index is 0.325. The van der Waals surface area contributed by atoms with Crippen LogP contribution in [-0.2, 0) is 0 Å². The van der Waals surface area contributed by atoms with E-state index in [0.717, 1.165) is 82.9 Å². The van der Waals surface area contributed by atoms with Crippen LogP contribution in [0, 0.1) is 0 Å². The Morgan fingerprint density at radius 3 is 2.75 bits per heavy atom. The fourth-order valence-corrected chi connectivity index (χ4v) is 5.77. The third-order valence-electron chi connectivity index (χ3n) is 6.84. The van der Waals surface area contributed by atoms with Gasteiger partial charge in [0.15, 0.2) is 5.13 Å². The maximum absolute atomic E-state index is 6.21. The van der Waals surface area contributed by atoms with Gasteiger partial charge in [0.1, 0.15) is 17.3 Å². The second-order valence-electron chi connectivity index (χ2n) is 9.37. The van der Waals surface area contributed by atoms with E-state index >= 15 is 0 Å². The number of fused-ring (bicyclic) bond motifs is 1. The van der Waals surface area contributed by atoms with Gasteiger partial charge in [0.05, 0.1) is 15.9 Å². The molecule has 0 bridgehead atoms. The standard InChI is InChI=1S/C28H30N6OS/c1-19-4-2-3-5-23(19)32-28-33-24-8-7-21(17-26(24)36-28)35-22-10-11-30-25(16-22)20-6-9-27(31-18-20)34-14-12-29-13-15-34/h6-11,16-18,23,29H,1-5,12-15H2,(H,32,33)/t23-/m1/s1. The molecular weight excluding hydrogens is 468 g/mol. The van der Waals surface area contributed by atoms with Gasteiger partial charge in [-0.05, 0) is 49.6 Å². The molecule has 1 saturated carbocycles. The van der Waals surface area contributed by atoms with E-state index in [1.807, 2.05) is 30.5 Å². The Hall–Kier alpha value is -3.49. The summed E-state index contributed by atoms with van der Waals surface area (Å²) < 4.78 is 7.31. The Labute approximate surface area is 215 Å². The topological polar surface area (TPSA) is 75.2 Å². The molecular formula is C28H30N6OS. The van der Waals surface area contributed by atoms with E-state index in [2.05, 4.69) is 50.3 Å². The maximum Gasteiger partial charge on any atom is 0.184 e. The van der Waals surface area contributed by atoms with Gasteiger partial charge in [-0.15, -0.1) is 0 Å². The van der Waals surface area contributed by atoms with Crippen LogP contribution >= 0.6 is 11.3 Å². The van der Waals surface area contributed by atoms with E-state index in [0.29, 0.717) is 6.04 Å². The van der Waals surface area contributed by atoms with Gasteiger partial charge in [0.2, 0.25) is 0 Å². The quantitative estimate of drug-likeness (QED) is 0.322. The van der Waals surface area contributed by atoms with Crippen molar-refractivity contribution < 1.29 is 4.74 Å². The Balaban J connectivity index is 1.16. The molecule has 4 heterocycles. The second kappa shape index (κ2) is 10.2. The number of thiazole rings is 1. The largest absolute Gasteiger partial charge is 0.457 e. The molecule has 184 valence electrons. The number of benzene rings is 1. The van der Waals surface area contributed by atoms with Crippen LogP contribution in [0.1, 0.15) is 25.7 Å². The summed E-state index contributed by atoms with van der Waals surface area (Å²) in [6.07, 6.45) is 8.38. The zero-order valence-electron chi connectivity index (χ0n) is 20.2. The summed E-state index contributed by atoms with van der Waals surface area (Å²) in [6, 6.07) is 14.4. The second-order valence-corrected chi connectivity index (χ2v) is 10.4. The number of hydrogen-bond donors (Lipinski definition) is 2. The van der Waals surface area contributed by atoms with Gasteiger partial charge in [-0.3, -0.25) is 4.98 Å².